The zero-order chi connectivity index (χ0) is 14.9. The number of hydrogen-bond donors (Lipinski definition) is 0. The maximum atomic E-state index is 12.5. The van der Waals surface area contributed by atoms with Crippen LogP contribution in [0.4, 0.5) is 13.2 Å². The normalized spacial score (nSPS) is 24.1. The molecule has 0 amide bonds. The van der Waals surface area contributed by atoms with Gasteiger partial charge in [0.25, 0.3) is 0 Å². The van der Waals surface area contributed by atoms with Gasteiger partial charge in [-0.05, 0) is 24.1 Å². The number of likely N-dealkylation sites (tertiary alicyclic amines) is 1. The molecule has 0 aliphatic carbocycles. The molecular weight excluding hydrogens is 291 g/mol. The largest absolute Gasteiger partial charge is 0.401 e. The second kappa shape index (κ2) is 5.74. The minimum absolute atomic E-state index is 0.123. The average Bonchev–Trinajstić information content (AvgIpc) is 2.69. The predicted molar refractivity (Wildman–Crippen MR) is 71.0 cm³/mol. The molecule has 0 bridgehead atoms. The van der Waals surface area contributed by atoms with Crippen LogP contribution in [0.1, 0.15) is 17.0 Å². The second-order valence-corrected chi connectivity index (χ2v) is 5.59. The second-order valence-electron chi connectivity index (χ2n) is 5.19. The fraction of sp³-hybridized carbons (Fsp3) is 0.500. The number of halogens is 4. The van der Waals surface area contributed by atoms with Crippen LogP contribution in [0.25, 0.3) is 0 Å². The topological polar surface area (TPSA) is 20.3 Å². The van der Waals surface area contributed by atoms with Crippen LogP contribution >= 0.6 is 11.6 Å². The van der Waals surface area contributed by atoms with Gasteiger partial charge in [-0.25, -0.2) is 0 Å². The van der Waals surface area contributed by atoms with E-state index in [-0.39, 0.29) is 19.0 Å². The first-order valence-corrected chi connectivity index (χ1v) is 6.69. The van der Waals surface area contributed by atoms with E-state index in [4.69, 9.17) is 11.6 Å². The maximum absolute atomic E-state index is 12.5. The number of hydrogen-bond acceptors (Lipinski definition) is 2. The Kier molecular flexibility index (Phi) is 4.39. The lowest BCUT2D eigenvalue weighted by Crippen LogP contribution is -2.32. The van der Waals surface area contributed by atoms with Crippen LogP contribution in [0.3, 0.4) is 0 Å². The van der Waals surface area contributed by atoms with Crippen molar-refractivity contribution in [3.63, 3.8) is 0 Å². The van der Waals surface area contributed by atoms with Crippen molar-refractivity contribution in [2.24, 2.45) is 5.92 Å². The van der Waals surface area contributed by atoms with Gasteiger partial charge in [0.15, 0.2) is 0 Å². The van der Waals surface area contributed by atoms with E-state index in [0.29, 0.717) is 5.02 Å². The Bertz CT molecular complexity index is 483. The molecule has 2 nitrogen and oxygen atoms in total. The van der Waals surface area contributed by atoms with Crippen LogP contribution in [0.5, 0.6) is 0 Å². The molecule has 1 aliphatic rings. The summed E-state index contributed by atoms with van der Waals surface area (Å²) in [5.41, 5.74) is 1.69. The third kappa shape index (κ3) is 3.33. The molecule has 110 valence electrons. The van der Waals surface area contributed by atoms with Crippen molar-refractivity contribution < 1.29 is 18.0 Å². The lowest BCUT2D eigenvalue weighted by atomic mass is 9.87. The highest BCUT2D eigenvalue weighted by Crippen LogP contribution is 2.38. The smallest absolute Gasteiger partial charge is 0.303 e. The lowest BCUT2D eigenvalue weighted by molar-refractivity contribution is -0.144. The Labute approximate surface area is 120 Å². The van der Waals surface area contributed by atoms with Crippen molar-refractivity contribution in [1.29, 1.82) is 0 Å². The molecule has 1 aromatic carbocycles. The molecular formula is C14H15ClF3NO. The van der Waals surface area contributed by atoms with Gasteiger partial charge in [0.1, 0.15) is 6.29 Å². The molecule has 0 aromatic heterocycles. The third-order valence-corrected chi connectivity index (χ3v) is 3.99. The maximum Gasteiger partial charge on any atom is 0.401 e. The average molecular weight is 306 g/mol. The Morgan fingerprint density at radius 1 is 1.40 bits per heavy atom. The predicted octanol–water partition coefficient (Wildman–Crippen LogP) is 3.43. The first kappa shape index (κ1) is 15.3. The first-order chi connectivity index (χ1) is 9.31. The number of alkyl halides is 3. The van der Waals surface area contributed by atoms with E-state index in [1.54, 1.807) is 12.1 Å². The number of rotatable bonds is 3. The van der Waals surface area contributed by atoms with Crippen molar-refractivity contribution in [3.05, 3.63) is 34.3 Å². The van der Waals surface area contributed by atoms with Crippen molar-refractivity contribution in [2.45, 2.75) is 19.0 Å². The van der Waals surface area contributed by atoms with Crippen molar-refractivity contribution in [1.82, 2.24) is 4.90 Å². The molecule has 1 aromatic rings. The van der Waals surface area contributed by atoms with Crippen LogP contribution in [-0.4, -0.2) is 37.0 Å². The molecule has 0 saturated carbocycles. The Hall–Kier alpha value is -1.07. The molecule has 2 atom stereocenters. The monoisotopic (exact) mass is 305 g/mol. The fourth-order valence-electron chi connectivity index (χ4n) is 2.85. The zero-order valence-electron chi connectivity index (χ0n) is 11.0. The number of aldehydes is 1. The summed E-state index contributed by atoms with van der Waals surface area (Å²) >= 11 is 6.16. The number of carbonyl (C=O) groups is 1. The molecule has 0 spiro atoms. The fourth-order valence-corrected chi connectivity index (χ4v) is 3.22. The standard InChI is InChI=1S/C14H15ClF3NO/c1-9-3-2-4-12(15)13(9)11-6-19(5-10(11)7-20)8-14(16,17)18/h2-4,7,10-11H,5-6,8H2,1H3. The van der Waals surface area contributed by atoms with Crippen molar-refractivity contribution in [2.75, 3.05) is 19.6 Å². The van der Waals surface area contributed by atoms with Crippen molar-refractivity contribution in [3.8, 4) is 0 Å². The third-order valence-electron chi connectivity index (χ3n) is 3.66. The summed E-state index contributed by atoms with van der Waals surface area (Å²) in [6, 6.07) is 5.35. The molecule has 1 fully saturated rings. The van der Waals surface area contributed by atoms with Gasteiger partial charge in [0, 0.05) is 29.9 Å². The number of carbonyl (C=O) groups excluding carboxylic acids is 1. The zero-order valence-corrected chi connectivity index (χ0v) is 11.7. The summed E-state index contributed by atoms with van der Waals surface area (Å²) in [7, 11) is 0. The highest BCUT2D eigenvalue weighted by atomic mass is 35.5. The minimum atomic E-state index is -4.25. The molecule has 1 saturated heterocycles. The van der Waals surface area contributed by atoms with Gasteiger partial charge in [-0.3, -0.25) is 4.90 Å². The summed E-state index contributed by atoms with van der Waals surface area (Å²) in [5.74, 6) is -0.723. The molecule has 2 rings (SSSR count). The van der Waals surface area contributed by atoms with Gasteiger partial charge >= 0.3 is 6.18 Å². The lowest BCUT2D eigenvalue weighted by Gasteiger charge is -2.19. The van der Waals surface area contributed by atoms with Crippen LogP contribution in [-0.2, 0) is 4.79 Å². The summed E-state index contributed by atoms with van der Waals surface area (Å²) in [5, 5.41) is 0.510. The molecule has 1 aliphatic heterocycles. The van der Waals surface area contributed by atoms with Gasteiger partial charge in [-0.1, -0.05) is 23.7 Å². The minimum Gasteiger partial charge on any atom is -0.303 e. The Morgan fingerprint density at radius 3 is 2.65 bits per heavy atom. The Balaban J connectivity index is 2.25. The van der Waals surface area contributed by atoms with E-state index < -0.39 is 18.6 Å². The van der Waals surface area contributed by atoms with E-state index in [1.807, 2.05) is 13.0 Å². The van der Waals surface area contributed by atoms with E-state index in [2.05, 4.69) is 0 Å². The van der Waals surface area contributed by atoms with Gasteiger partial charge in [-0.15, -0.1) is 0 Å². The summed E-state index contributed by atoms with van der Waals surface area (Å²) in [6.45, 7) is 1.19. The van der Waals surface area contributed by atoms with Crippen LogP contribution in [0, 0.1) is 12.8 Å². The van der Waals surface area contributed by atoms with Gasteiger partial charge in [-0.2, -0.15) is 13.2 Å². The quantitative estimate of drug-likeness (QED) is 0.798. The number of nitrogens with zero attached hydrogens (tertiary/aromatic N) is 1. The van der Waals surface area contributed by atoms with E-state index in [0.717, 1.165) is 17.4 Å². The number of aryl methyl sites for hydroxylation is 1. The summed E-state index contributed by atoms with van der Waals surface area (Å²) in [4.78, 5) is 12.4. The summed E-state index contributed by atoms with van der Waals surface area (Å²) < 4.78 is 37.4. The highest BCUT2D eigenvalue weighted by Gasteiger charge is 2.40. The molecule has 0 radical (unpaired) electrons. The van der Waals surface area contributed by atoms with E-state index >= 15 is 0 Å². The van der Waals surface area contributed by atoms with E-state index in [1.165, 1.54) is 4.90 Å². The van der Waals surface area contributed by atoms with Crippen molar-refractivity contribution >= 4 is 17.9 Å². The number of benzene rings is 1. The molecule has 0 N–H and O–H groups in total. The highest BCUT2D eigenvalue weighted by molar-refractivity contribution is 6.31. The van der Waals surface area contributed by atoms with Crippen LogP contribution in [0.2, 0.25) is 5.02 Å². The SMILES string of the molecule is Cc1cccc(Cl)c1C1CN(CC(F)(F)F)CC1C=O. The Morgan fingerprint density at radius 2 is 2.10 bits per heavy atom. The van der Waals surface area contributed by atoms with Crippen LogP contribution in [0.15, 0.2) is 18.2 Å². The van der Waals surface area contributed by atoms with Gasteiger partial charge in [0.2, 0.25) is 0 Å². The van der Waals surface area contributed by atoms with E-state index in [9.17, 15) is 18.0 Å². The van der Waals surface area contributed by atoms with Crippen LogP contribution < -0.4 is 0 Å². The van der Waals surface area contributed by atoms with Gasteiger partial charge < -0.3 is 4.79 Å². The summed E-state index contributed by atoms with van der Waals surface area (Å²) in [6.07, 6.45) is -3.51. The van der Waals surface area contributed by atoms with Gasteiger partial charge in [0.05, 0.1) is 6.54 Å². The molecule has 2 unspecified atom stereocenters. The molecule has 6 heteroatoms. The molecule has 1 heterocycles. The first-order valence-electron chi connectivity index (χ1n) is 6.31. The molecule has 20 heavy (non-hydrogen) atoms.